The molecule has 1 heterocycles. The van der Waals surface area contributed by atoms with E-state index in [2.05, 4.69) is 5.32 Å². The number of amides is 1. The van der Waals surface area contributed by atoms with Gasteiger partial charge >= 0.3 is 5.97 Å². The van der Waals surface area contributed by atoms with Crippen molar-refractivity contribution in [3.63, 3.8) is 0 Å². The van der Waals surface area contributed by atoms with Crippen LogP contribution >= 0.6 is 0 Å². The van der Waals surface area contributed by atoms with Crippen molar-refractivity contribution in [2.24, 2.45) is 0 Å². The lowest BCUT2D eigenvalue weighted by molar-refractivity contribution is -0.384. The average Bonchev–Trinajstić information content (AvgIpc) is 2.88. The van der Waals surface area contributed by atoms with Gasteiger partial charge in [0.1, 0.15) is 0 Å². The molecule has 8 heteroatoms. The molecule has 0 aromatic heterocycles. The standard InChI is InChI=1S/C13H14N2O6/c1-8-2-3-9(15(19)20)6-10(8)11(16)14-13(12(17)18)4-5-21-7-13/h2-3,6H,4-5,7H2,1H3,(H,14,16)(H,17,18). The van der Waals surface area contributed by atoms with Crippen LogP contribution in [0.5, 0.6) is 0 Å². The minimum atomic E-state index is -1.48. The number of rotatable bonds is 4. The average molecular weight is 294 g/mol. The normalized spacial score (nSPS) is 21.0. The summed E-state index contributed by atoms with van der Waals surface area (Å²) < 4.78 is 5.05. The number of carboxylic acid groups (broad SMARTS) is 1. The molecule has 0 spiro atoms. The number of nitro benzene ring substituents is 1. The highest BCUT2D eigenvalue weighted by molar-refractivity contribution is 5.99. The highest BCUT2D eigenvalue weighted by atomic mass is 16.6. The molecule has 1 unspecified atom stereocenters. The number of carbonyl (C=O) groups excluding carboxylic acids is 1. The number of carbonyl (C=O) groups is 2. The molecule has 1 aromatic rings. The van der Waals surface area contributed by atoms with Gasteiger partial charge in [0.15, 0.2) is 5.54 Å². The van der Waals surface area contributed by atoms with Gasteiger partial charge in [-0.3, -0.25) is 14.9 Å². The van der Waals surface area contributed by atoms with Crippen LogP contribution in [0.4, 0.5) is 5.69 Å². The monoisotopic (exact) mass is 294 g/mol. The van der Waals surface area contributed by atoms with Gasteiger partial charge in [-0.2, -0.15) is 0 Å². The van der Waals surface area contributed by atoms with E-state index in [-0.39, 0.29) is 30.9 Å². The smallest absolute Gasteiger partial charge is 0.331 e. The molecule has 1 fully saturated rings. The lowest BCUT2D eigenvalue weighted by atomic mass is 9.97. The van der Waals surface area contributed by atoms with Crippen molar-refractivity contribution in [1.82, 2.24) is 5.32 Å². The molecule has 1 saturated heterocycles. The van der Waals surface area contributed by atoms with E-state index in [0.29, 0.717) is 5.56 Å². The molecular weight excluding hydrogens is 280 g/mol. The van der Waals surface area contributed by atoms with E-state index in [0.717, 1.165) is 6.07 Å². The zero-order valence-electron chi connectivity index (χ0n) is 11.3. The van der Waals surface area contributed by atoms with Gasteiger partial charge in [-0.25, -0.2) is 4.79 Å². The SMILES string of the molecule is Cc1ccc([N+](=O)[O-])cc1C(=O)NC1(C(=O)O)CCOC1. The maximum absolute atomic E-state index is 12.3. The maximum atomic E-state index is 12.3. The largest absolute Gasteiger partial charge is 0.479 e. The Bertz CT molecular complexity index is 607. The van der Waals surface area contributed by atoms with Crippen LogP contribution in [0, 0.1) is 17.0 Å². The van der Waals surface area contributed by atoms with E-state index in [1.165, 1.54) is 12.1 Å². The number of hydrogen-bond acceptors (Lipinski definition) is 5. The molecule has 1 atom stereocenters. The van der Waals surface area contributed by atoms with Crippen molar-refractivity contribution in [1.29, 1.82) is 0 Å². The Labute approximate surface area is 119 Å². The Hall–Kier alpha value is -2.48. The van der Waals surface area contributed by atoms with Gasteiger partial charge in [0.2, 0.25) is 0 Å². The number of benzene rings is 1. The summed E-state index contributed by atoms with van der Waals surface area (Å²) in [5.74, 6) is -1.85. The predicted octanol–water partition coefficient (Wildman–Crippen LogP) is 0.877. The first-order valence-corrected chi connectivity index (χ1v) is 6.24. The molecule has 112 valence electrons. The number of aliphatic carboxylic acids is 1. The molecule has 2 rings (SSSR count). The van der Waals surface area contributed by atoms with Crippen LogP contribution < -0.4 is 5.32 Å². The second-order valence-electron chi connectivity index (χ2n) is 4.90. The van der Waals surface area contributed by atoms with Crippen molar-refractivity contribution in [2.75, 3.05) is 13.2 Å². The van der Waals surface area contributed by atoms with Crippen molar-refractivity contribution in [2.45, 2.75) is 18.9 Å². The summed E-state index contributed by atoms with van der Waals surface area (Å²) in [6.07, 6.45) is 0.155. The van der Waals surface area contributed by atoms with Gasteiger partial charge in [-0.15, -0.1) is 0 Å². The third-order valence-corrected chi connectivity index (χ3v) is 3.46. The van der Waals surface area contributed by atoms with Crippen LogP contribution in [0.3, 0.4) is 0 Å². The maximum Gasteiger partial charge on any atom is 0.331 e. The summed E-state index contributed by atoms with van der Waals surface area (Å²) in [6.45, 7) is 1.74. The first kappa shape index (κ1) is 14.9. The van der Waals surface area contributed by atoms with Crippen LogP contribution in [0.1, 0.15) is 22.3 Å². The summed E-state index contributed by atoms with van der Waals surface area (Å²) >= 11 is 0. The van der Waals surface area contributed by atoms with Gasteiger partial charge < -0.3 is 15.2 Å². The van der Waals surface area contributed by atoms with E-state index in [1.54, 1.807) is 6.92 Å². The minimum Gasteiger partial charge on any atom is -0.479 e. The highest BCUT2D eigenvalue weighted by Crippen LogP contribution is 2.22. The van der Waals surface area contributed by atoms with Gasteiger partial charge in [0, 0.05) is 30.7 Å². The number of ether oxygens (including phenoxy) is 1. The fraction of sp³-hybridized carbons (Fsp3) is 0.385. The molecule has 1 aliphatic heterocycles. The zero-order valence-corrected chi connectivity index (χ0v) is 11.3. The molecule has 21 heavy (non-hydrogen) atoms. The van der Waals surface area contributed by atoms with E-state index in [9.17, 15) is 24.8 Å². The highest BCUT2D eigenvalue weighted by Gasteiger charge is 2.44. The van der Waals surface area contributed by atoms with Crippen LogP contribution in [0.25, 0.3) is 0 Å². The summed E-state index contributed by atoms with van der Waals surface area (Å²) in [5, 5.41) is 22.5. The van der Waals surface area contributed by atoms with Crippen LogP contribution in [0.15, 0.2) is 18.2 Å². The Morgan fingerprint density at radius 2 is 2.19 bits per heavy atom. The van der Waals surface area contributed by atoms with Crippen LogP contribution in [0.2, 0.25) is 0 Å². The molecule has 1 aliphatic rings. The van der Waals surface area contributed by atoms with Gasteiger partial charge in [0.25, 0.3) is 11.6 Å². The summed E-state index contributed by atoms with van der Waals surface area (Å²) in [4.78, 5) is 33.8. The molecule has 8 nitrogen and oxygen atoms in total. The number of aryl methyl sites for hydroxylation is 1. The second kappa shape index (κ2) is 5.49. The van der Waals surface area contributed by atoms with Gasteiger partial charge in [0.05, 0.1) is 11.5 Å². The first-order valence-electron chi connectivity index (χ1n) is 6.24. The van der Waals surface area contributed by atoms with Gasteiger partial charge in [-0.1, -0.05) is 6.07 Å². The van der Waals surface area contributed by atoms with E-state index < -0.39 is 22.3 Å². The number of nitrogens with one attached hydrogen (secondary N) is 1. The zero-order chi connectivity index (χ0) is 15.6. The number of carboxylic acids is 1. The summed E-state index contributed by atoms with van der Waals surface area (Å²) in [7, 11) is 0. The quantitative estimate of drug-likeness (QED) is 0.628. The van der Waals surface area contributed by atoms with E-state index >= 15 is 0 Å². The number of hydrogen-bond donors (Lipinski definition) is 2. The summed E-state index contributed by atoms with van der Waals surface area (Å²) in [6, 6.07) is 3.87. The second-order valence-corrected chi connectivity index (χ2v) is 4.90. The van der Waals surface area contributed by atoms with E-state index in [1.807, 2.05) is 0 Å². The lowest BCUT2D eigenvalue weighted by Gasteiger charge is -2.24. The first-order chi connectivity index (χ1) is 9.85. The Morgan fingerprint density at radius 3 is 2.71 bits per heavy atom. The molecule has 2 N–H and O–H groups in total. The predicted molar refractivity (Wildman–Crippen MR) is 71.1 cm³/mol. The van der Waals surface area contributed by atoms with Crippen molar-refractivity contribution in [3.8, 4) is 0 Å². The Morgan fingerprint density at radius 1 is 1.48 bits per heavy atom. The van der Waals surface area contributed by atoms with Crippen LogP contribution in [-0.2, 0) is 9.53 Å². The number of nitrogens with zero attached hydrogens (tertiary/aromatic N) is 1. The lowest BCUT2D eigenvalue weighted by Crippen LogP contribution is -2.55. The van der Waals surface area contributed by atoms with E-state index in [4.69, 9.17) is 4.74 Å². The van der Waals surface area contributed by atoms with Crippen molar-refractivity contribution >= 4 is 17.6 Å². The summed E-state index contributed by atoms with van der Waals surface area (Å²) in [5.41, 5.74) is -1.10. The fourth-order valence-electron chi connectivity index (χ4n) is 2.14. The number of nitro groups is 1. The Kier molecular flexibility index (Phi) is 3.90. The molecule has 0 saturated carbocycles. The van der Waals surface area contributed by atoms with Gasteiger partial charge in [-0.05, 0) is 12.5 Å². The van der Waals surface area contributed by atoms with Crippen molar-refractivity contribution in [3.05, 3.63) is 39.4 Å². The van der Waals surface area contributed by atoms with Crippen LogP contribution in [-0.4, -0.2) is 40.7 Å². The minimum absolute atomic E-state index is 0.0803. The molecule has 0 bridgehead atoms. The third kappa shape index (κ3) is 2.84. The fourth-order valence-corrected chi connectivity index (χ4v) is 2.14. The molecule has 1 aromatic carbocycles. The molecule has 1 amide bonds. The Balaban J connectivity index is 2.30. The topological polar surface area (TPSA) is 119 Å². The van der Waals surface area contributed by atoms with Crippen molar-refractivity contribution < 1.29 is 24.4 Å². The number of non-ortho nitro benzene ring substituents is 1. The molecular formula is C13H14N2O6. The molecule has 0 aliphatic carbocycles. The molecule has 0 radical (unpaired) electrons. The third-order valence-electron chi connectivity index (χ3n) is 3.46.